The normalized spacial score (nSPS) is 12.4. The Bertz CT molecular complexity index is 1720. The second-order valence-corrected chi connectivity index (χ2v) is 18.5. The molecular weight excluding hydrogens is 959 g/mol. The molecule has 0 saturated carbocycles. The first-order chi connectivity index (χ1) is 35.7. The van der Waals surface area contributed by atoms with Crippen LogP contribution in [0.2, 0.25) is 0 Å². The molecule has 0 aliphatic carbocycles. The third-order valence-corrected chi connectivity index (χ3v) is 12.1. The van der Waals surface area contributed by atoms with Gasteiger partial charge < -0.3 is 61.5 Å². The van der Waals surface area contributed by atoms with Crippen LogP contribution in [0.25, 0.3) is 0 Å². The molecule has 0 aliphatic rings. The van der Waals surface area contributed by atoms with Crippen molar-refractivity contribution in [3.8, 4) is 5.75 Å². The second kappa shape index (κ2) is 45.3. The van der Waals surface area contributed by atoms with Gasteiger partial charge in [-0.2, -0.15) is 0 Å². The number of nitrogens with two attached hydrogens (primary N) is 1. The topological polar surface area (TPSA) is 312 Å². The number of unbranched alkanes of at least 4 members (excludes halogenated alkanes) is 14. The van der Waals surface area contributed by atoms with Gasteiger partial charge in [0.15, 0.2) is 11.6 Å². The summed E-state index contributed by atoms with van der Waals surface area (Å²) in [6, 6.07) is 4.52. The van der Waals surface area contributed by atoms with Gasteiger partial charge in [0.2, 0.25) is 29.5 Å². The van der Waals surface area contributed by atoms with Gasteiger partial charge in [-0.1, -0.05) is 89.2 Å². The number of carboxylic acid groups (broad SMARTS) is 1. The zero-order valence-electron chi connectivity index (χ0n) is 44.5. The maximum absolute atomic E-state index is 12.8. The molecule has 0 aliphatic heterocycles. The van der Waals surface area contributed by atoms with E-state index in [4.69, 9.17) is 29.8 Å². The van der Waals surface area contributed by atoms with Gasteiger partial charge in [0.25, 0.3) is 0 Å². The molecule has 74 heavy (non-hydrogen) atoms. The van der Waals surface area contributed by atoms with Crippen LogP contribution < -0.4 is 37.6 Å². The Hall–Kier alpha value is -5.06. The van der Waals surface area contributed by atoms with E-state index in [1.54, 1.807) is 19.2 Å². The first-order valence-corrected chi connectivity index (χ1v) is 26.8. The highest BCUT2D eigenvalue weighted by Crippen LogP contribution is 2.15. The van der Waals surface area contributed by atoms with Crippen molar-refractivity contribution in [1.29, 1.82) is 0 Å². The Balaban J connectivity index is 1.95. The summed E-state index contributed by atoms with van der Waals surface area (Å²) in [7, 11) is 1.69. The number of phenols is 1. The van der Waals surface area contributed by atoms with Crippen LogP contribution >= 0.6 is 0 Å². The highest BCUT2D eigenvalue weighted by molar-refractivity contribution is 5.88. The fourth-order valence-corrected chi connectivity index (χ4v) is 7.74. The van der Waals surface area contributed by atoms with E-state index >= 15 is 0 Å². The number of likely N-dealkylation sites (N-methyl/N-ethyl adjacent to an activating group) is 1. The number of phenolic OH excluding ortho intramolecular Hbond substituents is 1. The van der Waals surface area contributed by atoms with E-state index in [0.29, 0.717) is 32.2 Å². The van der Waals surface area contributed by atoms with E-state index in [1.165, 1.54) is 64.0 Å². The van der Waals surface area contributed by atoms with E-state index in [0.717, 1.165) is 50.5 Å². The number of amides is 5. The number of aliphatic carboxylic acids is 1. The molecule has 422 valence electrons. The number of benzene rings is 1. The number of ether oxygens (including phenoxy) is 4. The molecule has 5 amide bonds. The number of aromatic hydroxyl groups is 1. The fraction of sp³-hybridized carbons (Fsp3) is 0.736. The van der Waals surface area contributed by atoms with Gasteiger partial charge in [-0.05, 0) is 76.6 Å². The maximum Gasteiger partial charge on any atom is 0.303 e. The molecule has 3 atom stereocenters. The Kier molecular flexibility index (Phi) is 41.0. The van der Waals surface area contributed by atoms with Gasteiger partial charge in [0, 0.05) is 38.9 Å². The van der Waals surface area contributed by atoms with Crippen LogP contribution in [-0.4, -0.2) is 161 Å². The van der Waals surface area contributed by atoms with Crippen molar-refractivity contribution in [1.82, 2.24) is 31.9 Å². The third-order valence-electron chi connectivity index (χ3n) is 12.1. The highest BCUT2D eigenvalue weighted by Gasteiger charge is 2.21. The van der Waals surface area contributed by atoms with Gasteiger partial charge in [-0.3, -0.25) is 43.7 Å². The zero-order valence-corrected chi connectivity index (χ0v) is 44.5. The molecule has 21 heteroatoms. The Labute approximate surface area is 439 Å². The molecular formula is C53H91N7O14. The quantitative estimate of drug-likeness (QED) is 0.0423. The van der Waals surface area contributed by atoms with Crippen molar-refractivity contribution in [3.63, 3.8) is 0 Å². The number of Topliss-reactive ketones (excluding diaryl/α,β-unsaturated/α-hetero) is 2. The molecule has 1 rings (SSSR count). The monoisotopic (exact) mass is 1050 g/mol. The minimum Gasteiger partial charge on any atom is -0.508 e. The molecule has 0 fully saturated rings. The first-order valence-electron chi connectivity index (χ1n) is 26.8. The minimum absolute atomic E-state index is 0.0440. The summed E-state index contributed by atoms with van der Waals surface area (Å²) in [5, 5.41) is 35.0. The molecule has 0 aromatic heterocycles. The smallest absolute Gasteiger partial charge is 0.303 e. The number of hydrogen-bond acceptors (Lipinski definition) is 15. The molecule has 0 radical (unpaired) electrons. The summed E-state index contributed by atoms with van der Waals surface area (Å²) < 4.78 is 21.6. The van der Waals surface area contributed by atoms with Crippen molar-refractivity contribution < 1.29 is 67.5 Å². The predicted octanol–water partition coefficient (Wildman–Crippen LogP) is 3.30. The van der Waals surface area contributed by atoms with E-state index in [2.05, 4.69) is 31.9 Å². The van der Waals surface area contributed by atoms with Crippen molar-refractivity contribution in [2.24, 2.45) is 5.73 Å². The molecule has 0 saturated heterocycles. The van der Waals surface area contributed by atoms with E-state index in [9.17, 15) is 43.5 Å². The van der Waals surface area contributed by atoms with Crippen molar-refractivity contribution in [2.45, 2.75) is 166 Å². The van der Waals surface area contributed by atoms with Crippen molar-refractivity contribution in [2.75, 3.05) is 86.1 Å². The number of rotatable bonds is 51. The molecule has 0 bridgehead atoms. The maximum atomic E-state index is 12.8. The number of carbonyl (C=O) groups excluding carboxylic acids is 7. The Morgan fingerprint density at radius 1 is 0.527 bits per heavy atom. The van der Waals surface area contributed by atoms with Gasteiger partial charge in [0.1, 0.15) is 19.0 Å². The van der Waals surface area contributed by atoms with Crippen LogP contribution in [0.4, 0.5) is 0 Å². The number of primary amides is 1. The lowest BCUT2D eigenvalue weighted by atomic mass is 10.0. The highest BCUT2D eigenvalue weighted by atomic mass is 16.5. The van der Waals surface area contributed by atoms with E-state index in [-0.39, 0.29) is 139 Å². The molecule has 1 aromatic rings. The number of carbonyl (C=O) groups is 8. The number of ketones is 2. The molecule has 10 N–H and O–H groups in total. The summed E-state index contributed by atoms with van der Waals surface area (Å²) in [5.74, 6) is -2.52. The fourth-order valence-electron chi connectivity index (χ4n) is 7.74. The van der Waals surface area contributed by atoms with Crippen molar-refractivity contribution >= 4 is 47.1 Å². The van der Waals surface area contributed by atoms with Crippen LogP contribution in [0.3, 0.4) is 0 Å². The lowest BCUT2D eigenvalue weighted by Crippen LogP contribution is -2.48. The average Bonchev–Trinajstić information content (AvgIpc) is 3.36. The van der Waals surface area contributed by atoms with Gasteiger partial charge >= 0.3 is 5.97 Å². The third kappa shape index (κ3) is 39.4. The van der Waals surface area contributed by atoms with E-state index in [1.807, 2.05) is 0 Å². The molecule has 0 heterocycles. The molecule has 21 nitrogen and oxygen atoms in total. The van der Waals surface area contributed by atoms with Gasteiger partial charge in [-0.25, -0.2) is 0 Å². The van der Waals surface area contributed by atoms with Gasteiger partial charge in [0.05, 0.1) is 64.3 Å². The minimum atomic E-state index is -0.743. The van der Waals surface area contributed by atoms with Gasteiger partial charge in [-0.15, -0.1) is 0 Å². The van der Waals surface area contributed by atoms with Crippen LogP contribution in [0.15, 0.2) is 24.3 Å². The first kappa shape index (κ1) is 67.0. The van der Waals surface area contributed by atoms with Crippen LogP contribution in [0.1, 0.15) is 147 Å². The zero-order chi connectivity index (χ0) is 54.4. The molecule has 1 unspecified atom stereocenters. The van der Waals surface area contributed by atoms with Crippen molar-refractivity contribution in [3.05, 3.63) is 29.8 Å². The number of hydrogen-bond donors (Lipinski definition) is 9. The van der Waals surface area contributed by atoms with Crippen LogP contribution in [0, 0.1) is 0 Å². The second-order valence-electron chi connectivity index (χ2n) is 18.5. The largest absolute Gasteiger partial charge is 0.508 e. The SMILES string of the molecule is CN[C@@H](CCCCNC(=O)COCCOCCNC(=O)COCCOCCNC(=O)CCC(NC(=O)CCCCCCCCCCCCCCCCC(=O)O)C(C)=O)C(=O)CN[C@@H](Cc1ccc(O)cc1)C(N)=O. The summed E-state index contributed by atoms with van der Waals surface area (Å²) in [6.45, 7) is 3.28. The molecule has 1 aromatic carbocycles. The summed E-state index contributed by atoms with van der Waals surface area (Å²) >= 11 is 0. The number of nitrogens with one attached hydrogen (secondary N) is 6. The van der Waals surface area contributed by atoms with E-state index < -0.39 is 30.0 Å². The Morgan fingerprint density at radius 2 is 1.01 bits per heavy atom. The predicted molar refractivity (Wildman–Crippen MR) is 280 cm³/mol. The molecule has 0 spiro atoms. The summed E-state index contributed by atoms with van der Waals surface area (Å²) in [5.41, 5.74) is 6.32. The summed E-state index contributed by atoms with van der Waals surface area (Å²) in [6.07, 6.45) is 18.4. The lowest BCUT2D eigenvalue weighted by molar-refractivity contribution is -0.137. The average molecular weight is 1050 g/mol. The van der Waals surface area contributed by atoms with Crippen LogP contribution in [-0.2, 0) is 63.7 Å². The van der Waals surface area contributed by atoms with Crippen LogP contribution in [0.5, 0.6) is 5.75 Å². The Morgan fingerprint density at radius 3 is 1.51 bits per heavy atom. The standard InChI is InChI=1S/C53H91N7O14/c1-41(61)44(60-49(65)20-15-13-11-9-7-5-3-4-6-8-10-12-14-16-21-52(68)69)26-27-48(64)57-29-31-71-33-36-74-40-51(67)58-30-32-72-34-35-73-39-50(66)56-28-18-17-19-45(55-2)47(63)38-59-46(53(54)70)37-42-22-24-43(62)25-23-42/h22-25,44-46,55,59,62H,3-21,26-40H2,1-2H3,(H2,54,70)(H,56,66)(H,57,64)(H,58,67)(H,60,65)(H,68,69)/t44?,45-,46-/m0/s1. The summed E-state index contributed by atoms with van der Waals surface area (Å²) in [4.78, 5) is 96.3. The lowest BCUT2D eigenvalue weighted by Gasteiger charge is -2.19. The number of carboxylic acids is 1.